The molecular weight excluding hydrogens is 279 g/mol. The molecule has 102 valence electrons. The zero-order valence-electron chi connectivity index (χ0n) is 10.7. The lowest BCUT2D eigenvalue weighted by molar-refractivity contribution is 0.192. The van der Waals surface area contributed by atoms with Gasteiger partial charge in [-0.3, -0.25) is 0 Å². The summed E-state index contributed by atoms with van der Waals surface area (Å²) in [5.74, 6) is -0.178. The van der Waals surface area contributed by atoms with Gasteiger partial charge in [0.05, 0.1) is 5.02 Å². The zero-order chi connectivity index (χ0) is 14.3. The molecular formula is C16H12ClFO2. The maximum Gasteiger partial charge on any atom is 0.142 e. The predicted molar refractivity (Wildman–Crippen MR) is 76.4 cm³/mol. The summed E-state index contributed by atoms with van der Waals surface area (Å²) < 4.78 is 19.0. The first-order valence-electron chi connectivity index (χ1n) is 6.18. The van der Waals surface area contributed by atoms with E-state index in [1.165, 1.54) is 12.1 Å². The van der Waals surface area contributed by atoms with Gasteiger partial charge in [0.2, 0.25) is 0 Å². The molecule has 1 heterocycles. The van der Waals surface area contributed by atoms with E-state index in [0.717, 1.165) is 10.9 Å². The van der Waals surface area contributed by atoms with Crippen molar-refractivity contribution in [3.8, 4) is 0 Å². The van der Waals surface area contributed by atoms with E-state index in [0.29, 0.717) is 16.9 Å². The fourth-order valence-corrected chi connectivity index (χ4v) is 2.28. The highest BCUT2D eigenvalue weighted by Crippen LogP contribution is 2.30. The second-order valence-corrected chi connectivity index (χ2v) is 5.17. The molecule has 1 aromatic heterocycles. The Morgan fingerprint density at radius 1 is 1.15 bits per heavy atom. The van der Waals surface area contributed by atoms with E-state index in [9.17, 15) is 9.50 Å². The summed E-state index contributed by atoms with van der Waals surface area (Å²) in [6, 6.07) is 11.7. The van der Waals surface area contributed by atoms with E-state index in [2.05, 4.69) is 0 Å². The number of aliphatic hydroxyl groups excluding tert-OH is 1. The molecule has 0 aliphatic carbocycles. The number of aliphatic hydroxyl groups is 1. The van der Waals surface area contributed by atoms with Gasteiger partial charge in [-0.25, -0.2) is 4.39 Å². The van der Waals surface area contributed by atoms with Crippen molar-refractivity contribution < 1.29 is 13.9 Å². The largest absolute Gasteiger partial charge is 0.458 e. The standard InChI is InChI=1S/C16H12ClFO2/c1-9-2-5-14-11(6-9)8-15(20-14)16(19)10-3-4-12(17)13(18)7-10/h2-8,16,19H,1H3. The van der Waals surface area contributed by atoms with Crippen molar-refractivity contribution in [2.45, 2.75) is 13.0 Å². The number of benzene rings is 2. The van der Waals surface area contributed by atoms with Gasteiger partial charge < -0.3 is 9.52 Å². The van der Waals surface area contributed by atoms with E-state index in [-0.39, 0.29) is 5.02 Å². The third-order valence-electron chi connectivity index (χ3n) is 3.22. The lowest BCUT2D eigenvalue weighted by atomic mass is 10.1. The van der Waals surface area contributed by atoms with Gasteiger partial charge in [0.15, 0.2) is 0 Å². The van der Waals surface area contributed by atoms with Gasteiger partial charge in [-0.1, -0.05) is 29.3 Å². The van der Waals surface area contributed by atoms with Crippen LogP contribution in [-0.2, 0) is 0 Å². The Hall–Kier alpha value is -1.84. The fourth-order valence-electron chi connectivity index (χ4n) is 2.16. The molecule has 2 aromatic carbocycles. The molecule has 1 atom stereocenters. The third kappa shape index (κ3) is 2.30. The van der Waals surface area contributed by atoms with Gasteiger partial charge in [0.1, 0.15) is 23.3 Å². The van der Waals surface area contributed by atoms with Gasteiger partial charge in [0.25, 0.3) is 0 Å². The highest BCUT2D eigenvalue weighted by molar-refractivity contribution is 6.30. The quantitative estimate of drug-likeness (QED) is 0.747. The fraction of sp³-hybridized carbons (Fsp3) is 0.125. The molecule has 0 saturated carbocycles. The van der Waals surface area contributed by atoms with Crippen LogP contribution in [0.25, 0.3) is 11.0 Å². The highest BCUT2D eigenvalue weighted by Gasteiger charge is 2.17. The summed E-state index contributed by atoms with van der Waals surface area (Å²) in [5, 5.41) is 11.2. The van der Waals surface area contributed by atoms with Gasteiger partial charge in [0, 0.05) is 5.39 Å². The molecule has 1 unspecified atom stereocenters. The summed E-state index contributed by atoms with van der Waals surface area (Å²) in [4.78, 5) is 0. The number of hydrogen-bond acceptors (Lipinski definition) is 2. The summed E-state index contributed by atoms with van der Waals surface area (Å²) in [6.45, 7) is 1.98. The molecule has 0 radical (unpaired) electrons. The average Bonchev–Trinajstić information content (AvgIpc) is 2.84. The Morgan fingerprint density at radius 3 is 2.70 bits per heavy atom. The third-order valence-corrected chi connectivity index (χ3v) is 3.53. The Labute approximate surface area is 120 Å². The summed E-state index contributed by atoms with van der Waals surface area (Å²) in [7, 11) is 0. The van der Waals surface area contributed by atoms with Crippen LogP contribution in [0.15, 0.2) is 46.9 Å². The van der Waals surface area contributed by atoms with Crippen molar-refractivity contribution in [3.63, 3.8) is 0 Å². The molecule has 0 saturated heterocycles. The van der Waals surface area contributed by atoms with Crippen LogP contribution < -0.4 is 0 Å². The van der Waals surface area contributed by atoms with Gasteiger partial charge in [-0.05, 0) is 42.8 Å². The molecule has 20 heavy (non-hydrogen) atoms. The van der Waals surface area contributed by atoms with Crippen LogP contribution in [0.4, 0.5) is 4.39 Å². The molecule has 0 fully saturated rings. The number of hydrogen-bond donors (Lipinski definition) is 1. The van der Waals surface area contributed by atoms with Crippen molar-refractivity contribution in [2.75, 3.05) is 0 Å². The van der Waals surface area contributed by atoms with Crippen LogP contribution in [-0.4, -0.2) is 5.11 Å². The normalized spacial score (nSPS) is 12.8. The zero-order valence-corrected chi connectivity index (χ0v) is 11.5. The SMILES string of the molecule is Cc1ccc2oc(C(O)c3ccc(Cl)c(F)c3)cc2c1. The maximum atomic E-state index is 13.4. The molecule has 0 aliphatic rings. The van der Waals surface area contributed by atoms with E-state index in [4.69, 9.17) is 16.0 Å². The number of furan rings is 1. The molecule has 2 nitrogen and oxygen atoms in total. The lowest BCUT2D eigenvalue weighted by Gasteiger charge is -2.08. The molecule has 0 aliphatic heterocycles. The molecule has 0 spiro atoms. The van der Waals surface area contributed by atoms with Crippen molar-refractivity contribution in [1.29, 1.82) is 0 Å². The predicted octanol–water partition coefficient (Wildman–Crippen LogP) is 4.62. The van der Waals surface area contributed by atoms with Crippen molar-refractivity contribution >= 4 is 22.6 Å². The van der Waals surface area contributed by atoms with E-state index >= 15 is 0 Å². The topological polar surface area (TPSA) is 33.4 Å². The minimum atomic E-state index is -1.02. The van der Waals surface area contributed by atoms with Crippen molar-refractivity contribution in [2.24, 2.45) is 0 Å². The first-order chi connectivity index (χ1) is 9.54. The van der Waals surface area contributed by atoms with Crippen LogP contribution in [0.1, 0.15) is 23.0 Å². The van der Waals surface area contributed by atoms with Crippen LogP contribution in [0.2, 0.25) is 5.02 Å². The molecule has 3 rings (SSSR count). The number of rotatable bonds is 2. The monoisotopic (exact) mass is 290 g/mol. The minimum absolute atomic E-state index is 0.0289. The highest BCUT2D eigenvalue weighted by atomic mass is 35.5. The number of aryl methyl sites for hydroxylation is 1. The smallest absolute Gasteiger partial charge is 0.142 e. The summed E-state index contributed by atoms with van der Waals surface area (Å²) in [5.41, 5.74) is 2.21. The van der Waals surface area contributed by atoms with Crippen LogP contribution >= 0.6 is 11.6 Å². The molecule has 3 aromatic rings. The Balaban J connectivity index is 2.02. The van der Waals surface area contributed by atoms with Crippen LogP contribution in [0.5, 0.6) is 0 Å². The first-order valence-corrected chi connectivity index (χ1v) is 6.55. The second kappa shape index (κ2) is 4.93. The molecule has 1 N–H and O–H groups in total. The van der Waals surface area contributed by atoms with Crippen LogP contribution in [0, 0.1) is 12.7 Å². The second-order valence-electron chi connectivity index (χ2n) is 4.77. The van der Waals surface area contributed by atoms with Gasteiger partial charge in [-0.15, -0.1) is 0 Å². The first kappa shape index (κ1) is 13.2. The average molecular weight is 291 g/mol. The van der Waals surface area contributed by atoms with Crippen molar-refractivity contribution in [1.82, 2.24) is 0 Å². The van der Waals surface area contributed by atoms with Gasteiger partial charge in [-0.2, -0.15) is 0 Å². The Morgan fingerprint density at radius 2 is 1.95 bits per heavy atom. The van der Waals surface area contributed by atoms with Crippen molar-refractivity contribution in [3.05, 3.63) is 70.2 Å². The van der Waals surface area contributed by atoms with E-state index in [1.54, 1.807) is 12.1 Å². The lowest BCUT2D eigenvalue weighted by Crippen LogP contribution is -1.98. The van der Waals surface area contributed by atoms with E-state index < -0.39 is 11.9 Å². The molecule has 4 heteroatoms. The number of halogens is 2. The summed E-state index contributed by atoms with van der Waals surface area (Å²) >= 11 is 5.63. The van der Waals surface area contributed by atoms with Gasteiger partial charge >= 0.3 is 0 Å². The summed E-state index contributed by atoms with van der Waals surface area (Å²) in [6.07, 6.45) is -1.02. The molecule has 0 bridgehead atoms. The van der Waals surface area contributed by atoms with E-state index in [1.807, 2.05) is 25.1 Å². The Bertz CT molecular complexity index is 779. The maximum absolute atomic E-state index is 13.4. The minimum Gasteiger partial charge on any atom is -0.458 e. The van der Waals surface area contributed by atoms with Crippen LogP contribution in [0.3, 0.4) is 0 Å². The number of fused-ring (bicyclic) bond motifs is 1. The molecule has 0 amide bonds. The Kier molecular flexibility index (Phi) is 3.24.